The minimum absolute atomic E-state index is 0.326. The minimum atomic E-state index is -0.988. The van der Waals surface area contributed by atoms with Crippen LogP contribution in [0.2, 0.25) is 0 Å². The average Bonchev–Trinajstić information content (AvgIpc) is 2.08. The molecular formula is C11H13NO3. The number of carbonyl (C=O) groups is 2. The SMILES string of the molecule is CC(=O)C(C(C)=O)n1ccc(C)cc1=O. The van der Waals surface area contributed by atoms with E-state index in [4.69, 9.17) is 0 Å². The maximum atomic E-state index is 11.5. The third kappa shape index (κ3) is 2.40. The number of aromatic nitrogens is 1. The third-order valence-corrected chi connectivity index (χ3v) is 2.15. The molecule has 1 aromatic heterocycles. The van der Waals surface area contributed by atoms with Gasteiger partial charge in [0.1, 0.15) is 0 Å². The summed E-state index contributed by atoms with van der Waals surface area (Å²) >= 11 is 0. The third-order valence-electron chi connectivity index (χ3n) is 2.15. The van der Waals surface area contributed by atoms with Gasteiger partial charge in [-0.3, -0.25) is 19.0 Å². The molecule has 0 bridgehead atoms. The quantitative estimate of drug-likeness (QED) is 0.691. The molecular weight excluding hydrogens is 194 g/mol. The van der Waals surface area contributed by atoms with Crippen molar-refractivity contribution < 1.29 is 9.59 Å². The van der Waals surface area contributed by atoms with Gasteiger partial charge in [0, 0.05) is 12.3 Å². The number of hydrogen-bond donors (Lipinski definition) is 0. The maximum absolute atomic E-state index is 11.5. The van der Waals surface area contributed by atoms with Gasteiger partial charge in [0.05, 0.1) is 0 Å². The van der Waals surface area contributed by atoms with Gasteiger partial charge in [-0.15, -0.1) is 0 Å². The maximum Gasteiger partial charge on any atom is 0.251 e. The molecule has 0 aliphatic carbocycles. The lowest BCUT2D eigenvalue weighted by Crippen LogP contribution is -2.32. The van der Waals surface area contributed by atoms with Crippen molar-refractivity contribution in [3.8, 4) is 0 Å². The molecule has 4 nitrogen and oxygen atoms in total. The number of Topliss-reactive ketones (excluding diaryl/α,β-unsaturated/α-hetero) is 2. The van der Waals surface area contributed by atoms with Crippen LogP contribution in [0.15, 0.2) is 23.1 Å². The smallest absolute Gasteiger partial charge is 0.251 e. The van der Waals surface area contributed by atoms with Crippen molar-refractivity contribution in [3.05, 3.63) is 34.2 Å². The van der Waals surface area contributed by atoms with Crippen molar-refractivity contribution in [2.24, 2.45) is 0 Å². The van der Waals surface area contributed by atoms with Crippen molar-refractivity contribution >= 4 is 11.6 Å². The van der Waals surface area contributed by atoms with Crippen LogP contribution in [0.1, 0.15) is 25.5 Å². The van der Waals surface area contributed by atoms with Crippen LogP contribution in [0.3, 0.4) is 0 Å². The molecule has 0 aliphatic rings. The number of hydrogen-bond acceptors (Lipinski definition) is 3. The van der Waals surface area contributed by atoms with Crippen LogP contribution in [0, 0.1) is 6.92 Å². The van der Waals surface area contributed by atoms with Gasteiger partial charge in [0.2, 0.25) is 0 Å². The lowest BCUT2D eigenvalue weighted by molar-refractivity contribution is -0.129. The van der Waals surface area contributed by atoms with E-state index in [9.17, 15) is 14.4 Å². The Balaban J connectivity index is 3.30. The van der Waals surface area contributed by atoms with Gasteiger partial charge in [-0.1, -0.05) is 0 Å². The Labute approximate surface area is 87.5 Å². The molecule has 0 saturated carbocycles. The zero-order valence-corrected chi connectivity index (χ0v) is 8.98. The Bertz CT molecular complexity index is 445. The molecule has 1 heterocycles. The summed E-state index contributed by atoms with van der Waals surface area (Å²) in [6.45, 7) is 4.39. The van der Waals surface area contributed by atoms with Crippen LogP contribution in [0.25, 0.3) is 0 Å². The van der Waals surface area contributed by atoms with Crippen LogP contribution in [-0.4, -0.2) is 16.1 Å². The highest BCUT2D eigenvalue weighted by Gasteiger charge is 2.21. The monoisotopic (exact) mass is 207 g/mol. The molecule has 1 aromatic rings. The molecule has 0 spiro atoms. The summed E-state index contributed by atoms with van der Waals surface area (Å²) in [6, 6.07) is 2.11. The molecule has 0 amide bonds. The van der Waals surface area contributed by atoms with Crippen LogP contribution in [-0.2, 0) is 9.59 Å². The highest BCUT2D eigenvalue weighted by Crippen LogP contribution is 2.06. The van der Waals surface area contributed by atoms with Crippen molar-refractivity contribution in [2.45, 2.75) is 26.8 Å². The number of ketones is 2. The van der Waals surface area contributed by atoms with E-state index in [0.29, 0.717) is 0 Å². The van der Waals surface area contributed by atoms with Gasteiger partial charge in [0.15, 0.2) is 17.6 Å². The second kappa shape index (κ2) is 4.21. The Morgan fingerprint density at radius 3 is 2.20 bits per heavy atom. The van der Waals surface area contributed by atoms with Gasteiger partial charge in [0.25, 0.3) is 5.56 Å². The van der Waals surface area contributed by atoms with Crippen LogP contribution in [0.5, 0.6) is 0 Å². The molecule has 0 atom stereocenters. The van der Waals surface area contributed by atoms with E-state index < -0.39 is 6.04 Å². The zero-order valence-electron chi connectivity index (χ0n) is 8.98. The van der Waals surface area contributed by atoms with Gasteiger partial charge in [-0.05, 0) is 32.4 Å². The fourth-order valence-electron chi connectivity index (χ4n) is 1.48. The molecule has 0 saturated heterocycles. The highest BCUT2D eigenvalue weighted by atomic mass is 16.2. The summed E-state index contributed by atoms with van der Waals surface area (Å²) in [5, 5.41) is 0. The first-order valence-electron chi connectivity index (χ1n) is 4.63. The Morgan fingerprint density at radius 2 is 1.80 bits per heavy atom. The topological polar surface area (TPSA) is 56.1 Å². The van der Waals surface area contributed by atoms with E-state index in [1.54, 1.807) is 13.0 Å². The molecule has 1 rings (SSSR count). The highest BCUT2D eigenvalue weighted by molar-refractivity contribution is 6.02. The zero-order chi connectivity index (χ0) is 11.6. The lowest BCUT2D eigenvalue weighted by atomic mass is 10.1. The normalized spacial score (nSPS) is 10.4. The number of aryl methyl sites for hydroxylation is 1. The van der Waals surface area contributed by atoms with Gasteiger partial charge < -0.3 is 0 Å². The first-order valence-corrected chi connectivity index (χ1v) is 4.63. The lowest BCUT2D eigenvalue weighted by Gasteiger charge is -2.13. The van der Waals surface area contributed by atoms with Crippen molar-refractivity contribution in [1.82, 2.24) is 4.57 Å². The molecule has 0 fully saturated rings. The predicted molar refractivity (Wildman–Crippen MR) is 55.8 cm³/mol. The number of rotatable bonds is 3. The molecule has 0 radical (unpaired) electrons. The average molecular weight is 207 g/mol. The second-order valence-electron chi connectivity index (χ2n) is 3.57. The minimum Gasteiger partial charge on any atom is -0.298 e. The van der Waals surface area contributed by atoms with E-state index >= 15 is 0 Å². The molecule has 0 aliphatic heterocycles. The molecule has 15 heavy (non-hydrogen) atoms. The summed E-state index contributed by atoms with van der Waals surface area (Å²) in [7, 11) is 0. The number of nitrogens with zero attached hydrogens (tertiary/aromatic N) is 1. The summed E-state index contributed by atoms with van der Waals surface area (Å²) in [6.07, 6.45) is 1.48. The molecule has 80 valence electrons. The van der Waals surface area contributed by atoms with Crippen LogP contribution >= 0.6 is 0 Å². The summed E-state index contributed by atoms with van der Waals surface area (Å²) in [4.78, 5) is 34.0. The van der Waals surface area contributed by atoms with E-state index in [1.165, 1.54) is 26.1 Å². The Hall–Kier alpha value is -1.71. The summed E-state index contributed by atoms with van der Waals surface area (Å²) in [5.74, 6) is -0.651. The van der Waals surface area contributed by atoms with E-state index in [2.05, 4.69) is 0 Å². The van der Waals surface area contributed by atoms with Gasteiger partial charge >= 0.3 is 0 Å². The summed E-state index contributed by atoms with van der Waals surface area (Å²) < 4.78 is 1.16. The standard InChI is InChI=1S/C11H13NO3/c1-7-4-5-12(10(15)6-7)11(8(2)13)9(3)14/h4-6,11H,1-3H3. The number of carbonyl (C=O) groups excluding carboxylic acids is 2. The van der Waals surface area contributed by atoms with Crippen molar-refractivity contribution in [3.63, 3.8) is 0 Å². The molecule has 0 aromatic carbocycles. The van der Waals surface area contributed by atoms with Crippen molar-refractivity contribution in [1.29, 1.82) is 0 Å². The van der Waals surface area contributed by atoms with Crippen LogP contribution < -0.4 is 5.56 Å². The second-order valence-corrected chi connectivity index (χ2v) is 3.57. The van der Waals surface area contributed by atoms with Gasteiger partial charge in [-0.2, -0.15) is 0 Å². The predicted octanol–water partition coefficient (Wildman–Crippen LogP) is 0.876. The molecule has 4 heteroatoms. The first kappa shape index (κ1) is 11.4. The summed E-state index contributed by atoms with van der Waals surface area (Å²) in [5.41, 5.74) is 0.479. The first-order chi connectivity index (χ1) is 6.93. The Morgan fingerprint density at radius 1 is 1.27 bits per heavy atom. The fraction of sp³-hybridized carbons (Fsp3) is 0.364. The van der Waals surface area contributed by atoms with E-state index in [0.717, 1.165) is 10.1 Å². The molecule has 0 unspecified atom stereocenters. The van der Waals surface area contributed by atoms with Gasteiger partial charge in [-0.25, -0.2) is 0 Å². The fourth-order valence-corrected chi connectivity index (χ4v) is 1.48. The Kier molecular flexibility index (Phi) is 3.19. The molecule has 0 N–H and O–H groups in total. The van der Waals surface area contributed by atoms with Crippen molar-refractivity contribution in [2.75, 3.05) is 0 Å². The number of pyridine rings is 1. The van der Waals surface area contributed by atoms with E-state index in [-0.39, 0.29) is 17.1 Å². The van der Waals surface area contributed by atoms with E-state index in [1.807, 2.05) is 0 Å². The largest absolute Gasteiger partial charge is 0.298 e. The van der Waals surface area contributed by atoms with Crippen LogP contribution in [0.4, 0.5) is 0 Å².